The van der Waals surface area contributed by atoms with Crippen molar-refractivity contribution in [2.75, 3.05) is 4.90 Å². The van der Waals surface area contributed by atoms with Crippen LogP contribution in [0.1, 0.15) is 45.9 Å². The molecule has 5 rings (SSSR count). The van der Waals surface area contributed by atoms with Crippen LogP contribution in [0.25, 0.3) is 5.82 Å². The number of halogens is 1. The fourth-order valence-electron chi connectivity index (χ4n) is 4.76. The fourth-order valence-corrected chi connectivity index (χ4v) is 5.11. The summed E-state index contributed by atoms with van der Waals surface area (Å²) < 4.78 is 16.3. The van der Waals surface area contributed by atoms with Gasteiger partial charge in [-0.1, -0.05) is 12.1 Å². The van der Waals surface area contributed by atoms with Gasteiger partial charge in [0, 0.05) is 29.5 Å². The monoisotopic (exact) mass is 471 g/mol. The van der Waals surface area contributed by atoms with Crippen molar-refractivity contribution in [3.05, 3.63) is 107 Å². The molecule has 2 atom stereocenters. The summed E-state index contributed by atoms with van der Waals surface area (Å²) in [6.07, 6.45) is 3.67. The van der Waals surface area contributed by atoms with Crippen LogP contribution in [-0.2, 0) is 0 Å². The van der Waals surface area contributed by atoms with E-state index in [0.29, 0.717) is 10.7 Å². The molecule has 5 nitrogen and oxygen atoms in total. The highest BCUT2D eigenvalue weighted by atomic mass is 32.1. The molecule has 0 spiro atoms. The van der Waals surface area contributed by atoms with Gasteiger partial charge in [0.05, 0.1) is 17.8 Å². The van der Waals surface area contributed by atoms with E-state index >= 15 is 0 Å². The maximum atomic E-state index is 14.1. The number of pyridine rings is 2. The minimum atomic E-state index is -0.233. The zero-order chi connectivity index (χ0) is 24.0. The van der Waals surface area contributed by atoms with E-state index in [9.17, 15) is 4.39 Å². The third-order valence-electron chi connectivity index (χ3n) is 6.43. The van der Waals surface area contributed by atoms with Crippen molar-refractivity contribution in [3.63, 3.8) is 0 Å². The summed E-state index contributed by atoms with van der Waals surface area (Å²) in [7, 11) is 0. The Morgan fingerprint density at radius 3 is 2.47 bits per heavy atom. The molecule has 1 fully saturated rings. The Labute approximate surface area is 204 Å². The third-order valence-corrected chi connectivity index (χ3v) is 6.75. The largest absolute Gasteiger partial charge is 0.351 e. The van der Waals surface area contributed by atoms with E-state index in [-0.39, 0.29) is 17.9 Å². The molecule has 7 heteroatoms. The van der Waals surface area contributed by atoms with Crippen LogP contribution < -0.4 is 10.2 Å². The number of nitrogens with zero attached hydrogens (tertiary/aromatic N) is 4. The molecule has 0 bridgehead atoms. The Morgan fingerprint density at radius 1 is 0.971 bits per heavy atom. The Balaban J connectivity index is 1.68. The molecule has 0 saturated carbocycles. The van der Waals surface area contributed by atoms with Gasteiger partial charge in [-0.25, -0.2) is 9.37 Å². The van der Waals surface area contributed by atoms with Crippen LogP contribution in [0.4, 0.5) is 10.1 Å². The molecule has 0 unspecified atom stereocenters. The van der Waals surface area contributed by atoms with E-state index in [2.05, 4.69) is 50.7 Å². The van der Waals surface area contributed by atoms with Crippen LogP contribution in [0, 0.1) is 33.5 Å². The smallest absolute Gasteiger partial charge is 0.174 e. The van der Waals surface area contributed by atoms with Gasteiger partial charge in [0.2, 0.25) is 0 Å². The predicted octanol–water partition coefficient (Wildman–Crippen LogP) is 5.82. The number of hydrogen-bond donors (Lipinski definition) is 1. The van der Waals surface area contributed by atoms with Crippen LogP contribution in [0.2, 0.25) is 0 Å². The Bertz CT molecular complexity index is 1360. The zero-order valence-corrected chi connectivity index (χ0v) is 20.4. The molecule has 172 valence electrons. The normalized spacial score (nSPS) is 17.8. The van der Waals surface area contributed by atoms with Crippen molar-refractivity contribution in [2.24, 2.45) is 0 Å². The van der Waals surface area contributed by atoms with Gasteiger partial charge in [-0.05, 0) is 99.1 Å². The van der Waals surface area contributed by atoms with Crippen molar-refractivity contribution >= 4 is 23.0 Å². The molecule has 34 heavy (non-hydrogen) atoms. The lowest BCUT2D eigenvalue weighted by molar-refractivity contribution is 0.564. The lowest BCUT2D eigenvalue weighted by atomic mass is 9.96. The van der Waals surface area contributed by atoms with Crippen LogP contribution in [-0.4, -0.2) is 19.6 Å². The SMILES string of the molecule is Cc1ccc(-n2c(C)cc([C@H]3[C@H](c4ccccn4)NC(=S)N3c3ccc(F)c(C)c3)c2C)nc1. The number of rotatable bonds is 4. The van der Waals surface area contributed by atoms with Gasteiger partial charge in [-0.2, -0.15) is 0 Å². The summed E-state index contributed by atoms with van der Waals surface area (Å²) in [5.41, 5.74) is 6.71. The van der Waals surface area contributed by atoms with Crippen molar-refractivity contribution < 1.29 is 4.39 Å². The van der Waals surface area contributed by atoms with Gasteiger partial charge in [0.15, 0.2) is 5.11 Å². The van der Waals surface area contributed by atoms with Crippen LogP contribution in [0.15, 0.2) is 67.0 Å². The number of aromatic nitrogens is 3. The number of aryl methyl sites for hydroxylation is 3. The van der Waals surface area contributed by atoms with Gasteiger partial charge in [0.1, 0.15) is 11.6 Å². The first-order chi connectivity index (χ1) is 16.3. The summed E-state index contributed by atoms with van der Waals surface area (Å²) >= 11 is 5.82. The first-order valence-electron chi connectivity index (χ1n) is 11.2. The molecular weight excluding hydrogens is 445 g/mol. The van der Waals surface area contributed by atoms with Crippen LogP contribution >= 0.6 is 12.2 Å². The topological polar surface area (TPSA) is 46.0 Å². The molecule has 4 heterocycles. The van der Waals surface area contributed by atoms with Crippen molar-refractivity contribution in [3.8, 4) is 5.82 Å². The van der Waals surface area contributed by atoms with Gasteiger partial charge in [-0.3, -0.25) is 4.98 Å². The van der Waals surface area contributed by atoms with Crippen molar-refractivity contribution in [2.45, 2.75) is 39.8 Å². The van der Waals surface area contributed by atoms with E-state index in [0.717, 1.165) is 39.7 Å². The molecule has 1 N–H and O–H groups in total. The highest BCUT2D eigenvalue weighted by Crippen LogP contribution is 2.43. The molecule has 0 radical (unpaired) electrons. The van der Waals surface area contributed by atoms with Crippen molar-refractivity contribution in [1.29, 1.82) is 0 Å². The number of thiocarbonyl (C=S) groups is 1. The maximum absolute atomic E-state index is 14.1. The number of benzene rings is 1. The van der Waals surface area contributed by atoms with Gasteiger partial charge < -0.3 is 14.8 Å². The van der Waals surface area contributed by atoms with E-state index in [1.165, 1.54) is 6.07 Å². The number of hydrogen-bond acceptors (Lipinski definition) is 3. The summed E-state index contributed by atoms with van der Waals surface area (Å²) in [5, 5.41) is 4.07. The molecule has 1 aromatic carbocycles. The fraction of sp³-hybridized carbons (Fsp3) is 0.222. The zero-order valence-electron chi connectivity index (χ0n) is 19.6. The third kappa shape index (κ3) is 3.76. The van der Waals surface area contributed by atoms with E-state index in [4.69, 9.17) is 12.2 Å². The summed E-state index contributed by atoms with van der Waals surface area (Å²) in [6.45, 7) is 7.99. The Hall–Kier alpha value is -3.58. The second-order valence-electron chi connectivity index (χ2n) is 8.79. The first kappa shape index (κ1) is 22.2. The molecule has 0 aliphatic carbocycles. The van der Waals surface area contributed by atoms with Crippen LogP contribution in [0.3, 0.4) is 0 Å². The summed E-state index contributed by atoms with van der Waals surface area (Å²) in [4.78, 5) is 11.4. The standard InChI is InChI=1S/C27H26FN5S/c1-16-8-11-24(30-15-16)32-18(3)14-21(19(32)4)26-25(23-7-5-6-12-29-23)31-27(34)33(26)20-9-10-22(28)17(2)13-20/h5-15,25-26H,1-4H3,(H,31,34)/t25-,26-/m0/s1. The van der Waals surface area contributed by atoms with Gasteiger partial charge in [0.25, 0.3) is 0 Å². The average Bonchev–Trinajstić information content (AvgIpc) is 3.32. The molecule has 1 saturated heterocycles. The van der Waals surface area contributed by atoms with E-state index in [1.54, 1.807) is 19.2 Å². The average molecular weight is 472 g/mol. The van der Waals surface area contributed by atoms with Crippen molar-refractivity contribution in [1.82, 2.24) is 19.9 Å². The predicted molar refractivity (Wildman–Crippen MR) is 137 cm³/mol. The molecule has 1 aliphatic rings. The minimum Gasteiger partial charge on any atom is -0.351 e. The summed E-state index contributed by atoms with van der Waals surface area (Å²) in [5.74, 6) is 0.641. The Kier molecular flexibility index (Phi) is 5.65. The highest BCUT2D eigenvalue weighted by molar-refractivity contribution is 7.80. The quantitative estimate of drug-likeness (QED) is 0.380. The molecule has 0 amide bonds. The molecule has 3 aromatic heterocycles. The molecule has 4 aromatic rings. The minimum absolute atomic E-state index is 0.168. The second kappa shape index (κ2) is 8.65. The number of nitrogens with one attached hydrogen (secondary N) is 1. The summed E-state index contributed by atoms with van der Waals surface area (Å²) in [6, 6.07) is 17.0. The maximum Gasteiger partial charge on any atom is 0.174 e. The van der Waals surface area contributed by atoms with E-state index in [1.807, 2.05) is 43.5 Å². The van der Waals surface area contributed by atoms with Crippen LogP contribution in [0.5, 0.6) is 0 Å². The molecule has 1 aliphatic heterocycles. The molecular formula is C27H26FN5S. The van der Waals surface area contributed by atoms with Gasteiger partial charge >= 0.3 is 0 Å². The lowest BCUT2D eigenvalue weighted by Gasteiger charge is -2.28. The second-order valence-corrected chi connectivity index (χ2v) is 9.17. The number of anilines is 1. The lowest BCUT2D eigenvalue weighted by Crippen LogP contribution is -2.29. The van der Waals surface area contributed by atoms with Gasteiger partial charge in [-0.15, -0.1) is 0 Å². The highest BCUT2D eigenvalue weighted by Gasteiger charge is 2.42. The first-order valence-corrected chi connectivity index (χ1v) is 11.6. The Morgan fingerprint density at radius 2 is 1.79 bits per heavy atom. The van der Waals surface area contributed by atoms with E-state index < -0.39 is 0 Å².